The van der Waals surface area contributed by atoms with Gasteiger partial charge in [0.2, 0.25) is 0 Å². The number of hydrogen-bond acceptors (Lipinski definition) is 4. The lowest BCUT2D eigenvalue weighted by atomic mass is 9.85. The summed E-state index contributed by atoms with van der Waals surface area (Å²) in [6.07, 6.45) is 6.78. The van der Waals surface area contributed by atoms with Gasteiger partial charge in [-0.25, -0.2) is 10.8 Å². The zero-order valence-electron chi connectivity index (χ0n) is 23.8. The third-order valence-corrected chi connectivity index (χ3v) is 7.89. The van der Waals surface area contributed by atoms with Gasteiger partial charge in [0.1, 0.15) is 10.8 Å². The van der Waals surface area contributed by atoms with Gasteiger partial charge in [0.05, 0.1) is 0 Å². The van der Waals surface area contributed by atoms with Crippen LogP contribution in [0, 0.1) is 25.2 Å². The van der Waals surface area contributed by atoms with Crippen molar-refractivity contribution in [2.75, 3.05) is 0 Å². The number of thiophene rings is 1. The molecule has 0 aliphatic carbocycles. The van der Waals surface area contributed by atoms with Crippen LogP contribution in [-0.2, 0) is 0 Å². The third-order valence-electron chi connectivity index (χ3n) is 6.79. The molecule has 2 heterocycles. The van der Waals surface area contributed by atoms with Crippen molar-refractivity contribution in [1.29, 1.82) is 0 Å². The number of hydrogen-bond donors (Lipinski definition) is 2. The minimum atomic E-state index is 0.225. The SMILES string of the molecule is C=C(CC(C)(C)C)C1=NC=C(c2ccc(C(=C)c3c(N=C(CCC(C)C)NN)sc(C)c3C)cc2)CC1. The number of nitrogens with zero attached hydrogens (tertiary/aromatic N) is 2. The van der Waals surface area contributed by atoms with E-state index in [9.17, 15) is 0 Å². The number of aryl methyl sites for hydroxylation is 1. The third kappa shape index (κ3) is 7.62. The Morgan fingerprint density at radius 1 is 1.14 bits per heavy atom. The van der Waals surface area contributed by atoms with Crippen molar-refractivity contribution in [3.05, 3.63) is 76.3 Å². The van der Waals surface area contributed by atoms with Crippen LogP contribution >= 0.6 is 11.3 Å². The highest BCUT2D eigenvalue weighted by molar-refractivity contribution is 7.16. The van der Waals surface area contributed by atoms with Crippen LogP contribution in [0.2, 0.25) is 0 Å². The Labute approximate surface area is 228 Å². The molecule has 0 spiro atoms. The Kier molecular flexibility index (Phi) is 9.49. The van der Waals surface area contributed by atoms with Crippen LogP contribution in [0.15, 0.2) is 59.2 Å². The maximum atomic E-state index is 5.81. The van der Waals surface area contributed by atoms with E-state index in [0.29, 0.717) is 5.92 Å². The summed E-state index contributed by atoms with van der Waals surface area (Å²) in [6, 6.07) is 8.70. The molecule has 37 heavy (non-hydrogen) atoms. The molecule has 198 valence electrons. The standard InChI is InChI=1S/C32H44N4S/c1-20(2)10-17-29(36-33)35-31-30(22(4)24(6)37-31)23(5)25-11-13-26(14-12-25)27-15-16-28(34-19-27)21(3)18-32(7,8)9/h11-14,19-20H,3,5,10,15-18,33H2,1-2,4,6-9H3,(H,35,36). The van der Waals surface area contributed by atoms with Crippen LogP contribution in [-0.4, -0.2) is 11.5 Å². The molecular formula is C32H44N4S. The van der Waals surface area contributed by atoms with Gasteiger partial charge in [-0.15, -0.1) is 11.3 Å². The summed E-state index contributed by atoms with van der Waals surface area (Å²) >= 11 is 1.70. The first-order chi connectivity index (χ1) is 17.4. The summed E-state index contributed by atoms with van der Waals surface area (Å²) in [7, 11) is 0. The average Bonchev–Trinajstić information content (AvgIpc) is 3.12. The predicted molar refractivity (Wildman–Crippen MR) is 165 cm³/mol. The molecule has 0 saturated heterocycles. The molecule has 4 nitrogen and oxygen atoms in total. The molecule has 0 saturated carbocycles. The van der Waals surface area contributed by atoms with Gasteiger partial charge >= 0.3 is 0 Å². The number of hydrazine groups is 1. The summed E-state index contributed by atoms with van der Waals surface area (Å²) < 4.78 is 0. The highest BCUT2D eigenvalue weighted by Gasteiger charge is 2.19. The first-order valence-corrected chi connectivity index (χ1v) is 14.1. The fourth-order valence-electron chi connectivity index (χ4n) is 4.55. The lowest BCUT2D eigenvalue weighted by Gasteiger charge is -2.22. The summed E-state index contributed by atoms with van der Waals surface area (Å²) in [5.41, 5.74) is 12.2. The molecule has 0 fully saturated rings. The van der Waals surface area contributed by atoms with Gasteiger partial charge in [0.15, 0.2) is 0 Å². The molecule has 0 radical (unpaired) electrons. The van der Waals surface area contributed by atoms with Crippen molar-refractivity contribution >= 4 is 39.0 Å². The molecule has 0 amide bonds. The second-order valence-corrected chi connectivity index (χ2v) is 12.9. The van der Waals surface area contributed by atoms with Crippen molar-refractivity contribution in [3.8, 4) is 0 Å². The van der Waals surface area contributed by atoms with Gasteiger partial charge in [0, 0.05) is 28.8 Å². The summed E-state index contributed by atoms with van der Waals surface area (Å²) in [6.45, 7) is 24.2. The average molecular weight is 517 g/mol. The van der Waals surface area contributed by atoms with Gasteiger partial charge in [-0.3, -0.25) is 4.99 Å². The zero-order valence-corrected chi connectivity index (χ0v) is 24.6. The summed E-state index contributed by atoms with van der Waals surface area (Å²) in [4.78, 5) is 10.9. The first-order valence-electron chi connectivity index (χ1n) is 13.3. The Bertz CT molecular complexity index is 1230. The monoisotopic (exact) mass is 516 g/mol. The number of nitrogens with two attached hydrogens (primary N) is 1. The molecule has 1 aliphatic heterocycles. The van der Waals surface area contributed by atoms with Crippen molar-refractivity contribution < 1.29 is 0 Å². The van der Waals surface area contributed by atoms with E-state index in [0.717, 1.165) is 70.9 Å². The zero-order chi connectivity index (χ0) is 27.3. The number of aliphatic imine (C=N–C) groups is 2. The number of benzene rings is 1. The van der Waals surface area contributed by atoms with Gasteiger partial charge in [-0.1, -0.05) is 72.0 Å². The molecule has 0 unspecified atom stereocenters. The van der Waals surface area contributed by atoms with E-state index >= 15 is 0 Å². The van der Waals surface area contributed by atoms with Gasteiger partial charge < -0.3 is 5.43 Å². The van der Waals surface area contributed by atoms with Crippen molar-refractivity contribution in [1.82, 2.24) is 5.43 Å². The van der Waals surface area contributed by atoms with Crippen LogP contribution in [0.25, 0.3) is 11.1 Å². The van der Waals surface area contributed by atoms with E-state index in [1.54, 1.807) is 11.3 Å². The number of nitrogens with one attached hydrogen (secondary N) is 1. The molecule has 0 atom stereocenters. The van der Waals surface area contributed by atoms with Crippen molar-refractivity contribution in [2.24, 2.45) is 27.2 Å². The topological polar surface area (TPSA) is 62.8 Å². The van der Waals surface area contributed by atoms with E-state index in [1.807, 2.05) is 6.20 Å². The molecule has 1 aromatic heterocycles. The van der Waals surface area contributed by atoms with Crippen LogP contribution < -0.4 is 11.3 Å². The number of rotatable bonds is 9. The predicted octanol–water partition coefficient (Wildman–Crippen LogP) is 8.92. The lowest BCUT2D eigenvalue weighted by Crippen LogP contribution is -2.30. The maximum absolute atomic E-state index is 5.81. The van der Waals surface area contributed by atoms with Crippen LogP contribution in [0.4, 0.5) is 5.00 Å². The molecule has 1 aliphatic rings. The number of allylic oxidation sites excluding steroid dienone is 2. The fraction of sp³-hybridized carbons (Fsp3) is 0.438. The van der Waals surface area contributed by atoms with Crippen molar-refractivity contribution in [3.63, 3.8) is 0 Å². The van der Waals surface area contributed by atoms with E-state index in [1.165, 1.54) is 21.6 Å². The minimum Gasteiger partial charge on any atom is -0.312 e. The fourth-order valence-corrected chi connectivity index (χ4v) is 5.63. The molecular weight excluding hydrogens is 472 g/mol. The molecule has 1 aromatic carbocycles. The van der Waals surface area contributed by atoms with E-state index in [4.69, 9.17) is 15.8 Å². The Morgan fingerprint density at radius 2 is 1.81 bits per heavy atom. The van der Waals surface area contributed by atoms with Gasteiger partial charge in [-0.2, -0.15) is 0 Å². The highest BCUT2D eigenvalue weighted by Crippen LogP contribution is 2.41. The van der Waals surface area contributed by atoms with Crippen molar-refractivity contribution in [2.45, 2.75) is 80.6 Å². The van der Waals surface area contributed by atoms with Crippen LogP contribution in [0.5, 0.6) is 0 Å². The molecule has 3 rings (SSSR count). The quantitative estimate of drug-likeness (QED) is 0.151. The smallest absolute Gasteiger partial charge is 0.126 e. The van der Waals surface area contributed by atoms with E-state index in [2.05, 4.69) is 91.3 Å². The van der Waals surface area contributed by atoms with Gasteiger partial charge in [-0.05, 0) is 84.3 Å². The Balaban J connectivity index is 1.82. The second-order valence-electron chi connectivity index (χ2n) is 11.7. The first kappa shape index (κ1) is 28.8. The van der Waals surface area contributed by atoms with E-state index in [-0.39, 0.29) is 5.41 Å². The molecule has 5 heteroatoms. The van der Waals surface area contributed by atoms with E-state index < -0.39 is 0 Å². The summed E-state index contributed by atoms with van der Waals surface area (Å²) in [5, 5.41) is 0.966. The largest absolute Gasteiger partial charge is 0.312 e. The summed E-state index contributed by atoms with van der Waals surface area (Å²) in [5.74, 6) is 7.22. The maximum Gasteiger partial charge on any atom is 0.126 e. The number of amidine groups is 1. The van der Waals surface area contributed by atoms with Gasteiger partial charge in [0.25, 0.3) is 0 Å². The molecule has 0 bridgehead atoms. The molecule has 3 N–H and O–H groups in total. The second kappa shape index (κ2) is 12.2. The van der Waals surface area contributed by atoms with Crippen LogP contribution in [0.1, 0.15) is 93.9 Å². The Morgan fingerprint density at radius 3 is 2.35 bits per heavy atom. The minimum absolute atomic E-state index is 0.225. The lowest BCUT2D eigenvalue weighted by molar-refractivity contribution is 0.415. The normalized spacial score (nSPS) is 14.5. The molecule has 2 aromatic rings. The van der Waals surface area contributed by atoms with Crippen LogP contribution in [0.3, 0.4) is 0 Å². The highest BCUT2D eigenvalue weighted by atomic mass is 32.1. The Hall–Kier alpha value is -2.76.